The molecule has 20 heavy (non-hydrogen) atoms. The number of hydrogen-bond acceptors (Lipinski definition) is 2. The minimum atomic E-state index is 0.267. The molecule has 0 radical (unpaired) electrons. The van der Waals surface area contributed by atoms with Crippen molar-refractivity contribution in [3.8, 4) is 0 Å². The predicted molar refractivity (Wildman–Crippen MR) is 87.1 cm³/mol. The van der Waals surface area contributed by atoms with Gasteiger partial charge in [-0.05, 0) is 37.7 Å². The molecule has 1 aromatic heterocycles. The third-order valence-electron chi connectivity index (χ3n) is 4.13. The van der Waals surface area contributed by atoms with E-state index in [0.717, 1.165) is 32.2 Å². The molecular weight excluding hydrogens is 246 g/mol. The Hall–Kier alpha value is -0.830. The van der Waals surface area contributed by atoms with E-state index in [0.29, 0.717) is 0 Å². The highest BCUT2D eigenvalue weighted by Crippen LogP contribution is 2.19. The molecule has 0 aliphatic heterocycles. The minimum absolute atomic E-state index is 0.267. The second-order valence-electron chi connectivity index (χ2n) is 5.74. The van der Waals surface area contributed by atoms with Crippen LogP contribution < -0.4 is 5.73 Å². The quantitative estimate of drug-likeness (QED) is 0.661. The summed E-state index contributed by atoms with van der Waals surface area (Å²) in [5.74, 6) is 0. The second kappa shape index (κ2) is 9.17. The van der Waals surface area contributed by atoms with Crippen LogP contribution in [0.25, 0.3) is 0 Å². The number of rotatable bonds is 10. The topological polar surface area (TPSA) is 43.8 Å². The summed E-state index contributed by atoms with van der Waals surface area (Å²) >= 11 is 0. The molecule has 2 N–H and O–H groups in total. The lowest BCUT2D eigenvalue weighted by Gasteiger charge is -2.11. The van der Waals surface area contributed by atoms with Gasteiger partial charge in [0.05, 0.1) is 5.69 Å². The lowest BCUT2D eigenvalue weighted by atomic mass is 10.00. The van der Waals surface area contributed by atoms with Gasteiger partial charge in [-0.1, -0.05) is 47.0 Å². The fourth-order valence-corrected chi connectivity index (χ4v) is 2.78. The fraction of sp³-hybridized carbons (Fsp3) is 0.824. The number of nitrogens with zero attached hydrogens (tertiary/aromatic N) is 2. The Bertz CT molecular complexity index is 382. The van der Waals surface area contributed by atoms with Gasteiger partial charge in [-0.3, -0.25) is 4.68 Å². The molecule has 0 fully saturated rings. The van der Waals surface area contributed by atoms with Crippen molar-refractivity contribution in [1.29, 1.82) is 0 Å². The van der Waals surface area contributed by atoms with Crippen LogP contribution in [-0.4, -0.2) is 15.8 Å². The molecule has 0 bridgehead atoms. The standard InChI is InChI=1S/C17H33N3/c1-5-9-10-11-12-20-17(8-4)15(13-14(18)6-2)16(7-3)19-20/h14H,5-13,18H2,1-4H3. The summed E-state index contributed by atoms with van der Waals surface area (Å²) in [4.78, 5) is 0. The highest BCUT2D eigenvalue weighted by Gasteiger charge is 2.17. The zero-order valence-corrected chi connectivity index (χ0v) is 13.9. The Labute approximate surface area is 124 Å². The summed E-state index contributed by atoms with van der Waals surface area (Å²) in [5, 5.41) is 4.85. The molecule has 116 valence electrons. The molecule has 0 amide bonds. The Morgan fingerprint density at radius 3 is 2.35 bits per heavy atom. The Morgan fingerprint density at radius 1 is 1.05 bits per heavy atom. The number of hydrogen-bond donors (Lipinski definition) is 1. The van der Waals surface area contributed by atoms with Crippen LogP contribution >= 0.6 is 0 Å². The monoisotopic (exact) mass is 279 g/mol. The van der Waals surface area contributed by atoms with Crippen molar-refractivity contribution in [3.05, 3.63) is 17.0 Å². The first kappa shape index (κ1) is 17.2. The summed E-state index contributed by atoms with van der Waals surface area (Å²) in [7, 11) is 0. The average Bonchev–Trinajstić information content (AvgIpc) is 2.80. The zero-order chi connectivity index (χ0) is 15.0. The van der Waals surface area contributed by atoms with Crippen molar-refractivity contribution in [2.45, 2.75) is 91.6 Å². The predicted octanol–water partition coefficient (Wildman–Crippen LogP) is 3.87. The third-order valence-corrected chi connectivity index (χ3v) is 4.13. The molecule has 1 atom stereocenters. The number of aromatic nitrogens is 2. The zero-order valence-electron chi connectivity index (χ0n) is 13.9. The van der Waals surface area contributed by atoms with E-state index in [1.807, 2.05) is 0 Å². The minimum Gasteiger partial charge on any atom is -0.327 e. The van der Waals surface area contributed by atoms with Crippen LogP contribution in [0.1, 0.15) is 76.8 Å². The molecule has 0 aliphatic rings. The third kappa shape index (κ3) is 4.62. The maximum absolute atomic E-state index is 6.16. The maximum atomic E-state index is 6.16. The van der Waals surface area contributed by atoms with E-state index >= 15 is 0 Å². The van der Waals surface area contributed by atoms with Gasteiger partial charge in [-0.2, -0.15) is 5.10 Å². The van der Waals surface area contributed by atoms with Gasteiger partial charge in [0.2, 0.25) is 0 Å². The highest BCUT2D eigenvalue weighted by molar-refractivity contribution is 5.28. The van der Waals surface area contributed by atoms with Gasteiger partial charge >= 0.3 is 0 Å². The van der Waals surface area contributed by atoms with E-state index < -0.39 is 0 Å². The van der Waals surface area contributed by atoms with E-state index in [1.165, 1.54) is 42.6 Å². The molecule has 1 heterocycles. The molecule has 1 rings (SSSR count). The lowest BCUT2D eigenvalue weighted by molar-refractivity contribution is 0.521. The van der Waals surface area contributed by atoms with Gasteiger partial charge in [-0.15, -0.1) is 0 Å². The Morgan fingerprint density at radius 2 is 1.80 bits per heavy atom. The molecule has 1 aromatic rings. The molecule has 0 aromatic carbocycles. The number of nitrogens with two attached hydrogens (primary N) is 1. The van der Waals surface area contributed by atoms with Gasteiger partial charge in [-0.25, -0.2) is 0 Å². The molecule has 0 spiro atoms. The van der Waals surface area contributed by atoms with Gasteiger partial charge in [0.15, 0.2) is 0 Å². The largest absolute Gasteiger partial charge is 0.327 e. The molecule has 0 saturated carbocycles. The molecule has 0 aliphatic carbocycles. The summed E-state index contributed by atoms with van der Waals surface area (Å²) in [6.45, 7) is 9.92. The summed E-state index contributed by atoms with van der Waals surface area (Å²) in [6, 6.07) is 0.267. The molecule has 3 nitrogen and oxygen atoms in total. The molecular formula is C17H33N3. The summed E-state index contributed by atoms with van der Waals surface area (Å²) in [5.41, 5.74) is 10.3. The van der Waals surface area contributed by atoms with Crippen molar-refractivity contribution < 1.29 is 0 Å². The van der Waals surface area contributed by atoms with Crippen molar-refractivity contribution >= 4 is 0 Å². The van der Waals surface area contributed by atoms with Crippen LogP contribution in [0, 0.1) is 0 Å². The van der Waals surface area contributed by atoms with Crippen molar-refractivity contribution in [2.24, 2.45) is 5.73 Å². The first-order valence-electron chi connectivity index (χ1n) is 8.50. The van der Waals surface area contributed by atoms with Crippen LogP contribution in [0.2, 0.25) is 0 Å². The van der Waals surface area contributed by atoms with Crippen LogP contribution in [0.4, 0.5) is 0 Å². The SMILES string of the molecule is CCCCCCn1nc(CC)c(CC(N)CC)c1CC. The number of unbranched alkanes of at least 4 members (excludes halogenated alkanes) is 3. The normalized spacial score (nSPS) is 12.8. The van der Waals surface area contributed by atoms with Crippen LogP contribution in [-0.2, 0) is 25.8 Å². The van der Waals surface area contributed by atoms with Gasteiger partial charge in [0.25, 0.3) is 0 Å². The van der Waals surface area contributed by atoms with Crippen LogP contribution in [0.3, 0.4) is 0 Å². The van der Waals surface area contributed by atoms with Crippen LogP contribution in [0.5, 0.6) is 0 Å². The van der Waals surface area contributed by atoms with E-state index in [9.17, 15) is 0 Å². The van der Waals surface area contributed by atoms with Crippen LogP contribution in [0.15, 0.2) is 0 Å². The van der Waals surface area contributed by atoms with E-state index in [1.54, 1.807) is 0 Å². The molecule has 0 saturated heterocycles. The highest BCUT2D eigenvalue weighted by atomic mass is 15.3. The van der Waals surface area contributed by atoms with E-state index in [2.05, 4.69) is 32.4 Å². The van der Waals surface area contributed by atoms with Gasteiger partial charge in [0.1, 0.15) is 0 Å². The first-order chi connectivity index (χ1) is 9.67. The Kier molecular flexibility index (Phi) is 7.90. The molecule has 3 heteroatoms. The van der Waals surface area contributed by atoms with Gasteiger partial charge in [0, 0.05) is 18.3 Å². The second-order valence-corrected chi connectivity index (χ2v) is 5.74. The lowest BCUT2D eigenvalue weighted by Crippen LogP contribution is -2.22. The number of aryl methyl sites for hydroxylation is 2. The Balaban J connectivity index is 2.83. The van der Waals surface area contributed by atoms with E-state index in [-0.39, 0.29) is 6.04 Å². The van der Waals surface area contributed by atoms with Crippen molar-refractivity contribution in [1.82, 2.24) is 9.78 Å². The molecule has 1 unspecified atom stereocenters. The fourth-order valence-electron chi connectivity index (χ4n) is 2.78. The summed E-state index contributed by atoms with van der Waals surface area (Å²) in [6.07, 6.45) is 9.27. The van der Waals surface area contributed by atoms with Crippen molar-refractivity contribution in [2.75, 3.05) is 0 Å². The first-order valence-corrected chi connectivity index (χ1v) is 8.50. The van der Waals surface area contributed by atoms with Crippen molar-refractivity contribution in [3.63, 3.8) is 0 Å². The average molecular weight is 279 g/mol. The van der Waals surface area contributed by atoms with Gasteiger partial charge < -0.3 is 5.73 Å². The summed E-state index contributed by atoms with van der Waals surface area (Å²) < 4.78 is 2.26. The smallest absolute Gasteiger partial charge is 0.0657 e. The maximum Gasteiger partial charge on any atom is 0.0657 e. The van der Waals surface area contributed by atoms with E-state index in [4.69, 9.17) is 10.8 Å².